The number of amides is 1. The second-order valence-corrected chi connectivity index (χ2v) is 7.82. The summed E-state index contributed by atoms with van der Waals surface area (Å²) in [7, 11) is 0. The fourth-order valence-corrected chi connectivity index (χ4v) is 3.19. The van der Waals surface area contributed by atoms with Gasteiger partial charge >= 0.3 is 0 Å². The van der Waals surface area contributed by atoms with Gasteiger partial charge in [0.2, 0.25) is 11.8 Å². The molecule has 0 spiro atoms. The van der Waals surface area contributed by atoms with Crippen LogP contribution in [-0.2, 0) is 16.0 Å². The van der Waals surface area contributed by atoms with Crippen molar-refractivity contribution < 1.29 is 9.53 Å². The molecule has 0 unspecified atom stereocenters. The monoisotopic (exact) mass is 338 g/mol. The van der Waals surface area contributed by atoms with Crippen LogP contribution in [0.3, 0.4) is 0 Å². The van der Waals surface area contributed by atoms with Crippen molar-refractivity contribution in [2.24, 2.45) is 10.4 Å². The Morgan fingerprint density at radius 3 is 2.64 bits per heavy atom. The highest BCUT2D eigenvalue weighted by Gasteiger charge is 2.35. The molecule has 132 valence electrons. The highest BCUT2D eigenvalue weighted by molar-refractivity contribution is 5.88. The molecule has 0 bridgehead atoms. The van der Waals surface area contributed by atoms with Crippen LogP contribution in [0.4, 0.5) is 0 Å². The molecule has 0 radical (unpaired) electrons. The third-order valence-electron chi connectivity index (χ3n) is 4.48. The number of hydrogen-bond acceptors (Lipinski definition) is 3. The zero-order valence-electron chi connectivity index (χ0n) is 15.4. The second kappa shape index (κ2) is 6.87. The summed E-state index contributed by atoms with van der Waals surface area (Å²) in [5.74, 6) is 0.581. The minimum atomic E-state index is -0.202. The molecule has 0 saturated heterocycles. The molecule has 1 amide bonds. The summed E-state index contributed by atoms with van der Waals surface area (Å²) in [6, 6.07) is 14.8. The standard InChI is InChI=1S/C21H26N2O2/c1-14(24)22-19(21(2,3)4)20-23-18(13-25-20)12-15-9-10-16-7-5-6-8-17(16)11-15/h5-11,18-19H,12-13H2,1-4H3,(H,22,24)/t18-,19+/m0/s1. The van der Waals surface area contributed by atoms with Crippen LogP contribution in [0.5, 0.6) is 0 Å². The lowest BCUT2D eigenvalue weighted by molar-refractivity contribution is -0.119. The number of nitrogens with zero attached hydrogens (tertiary/aromatic N) is 1. The first-order valence-corrected chi connectivity index (χ1v) is 8.78. The van der Waals surface area contributed by atoms with E-state index in [1.54, 1.807) is 0 Å². The summed E-state index contributed by atoms with van der Waals surface area (Å²) in [4.78, 5) is 16.3. The van der Waals surface area contributed by atoms with Crippen LogP contribution < -0.4 is 5.32 Å². The highest BCUT2D eigenvalue weighted by Crippen LogP contribution is 2.25. The quantitative estimate of drug-likeness (QED) is 0.923. The van der Waals surface area contributed by atoms with Crippen LogP contribution in [0.15, 0.2) is 47.5 Å². The van der Waals surface area contributed by atoms with E-state index in [9.17, 15) is 4.79 Å². The molecule has 25 heavy (non-hydrogen) atoms. The first kappa shape index (κ1) is 17.5. The Morgan fingerprint density at radius 2 is 1.96 bits per heavy atom. The number of nitrogens with one attached hydrogen (secondary N) is 1. The van der Waals surface area contributed by atoms with Crippen molar-refractivity contribution in [3.05, 3.63) is 48.0 Å². The Kier molecular flexibility index (Phi) is 4.80. The molecule has 3 rings (SSSR count). The van der Waals surface area contributed by atoms with E-state index in [1.165, 1.54) is 23.3 Å². The first-order valence-electron chi connectivity index (χ1n) is 8.78. The van der Waals surface area contributed by atoms with Gasteiger partial charge in [0.25, 0.3) is 0 Å². The van der Waals surface area contributed by atoms with Gasteiger partial charge < -0.3 is 10.1 Å². The fourth-order valence-electron chi connectivity index (χ4n) is 3.19. The van der Waals surface area contributed by atoms with Crippen molar-refractivity contribution in [1.29, 1.82) is 0 Å². The molecular weight excluding hydrogens is 312 g/mol. The van der Waals surface area contributed by atoms with E-state index in [1.807, 2.05) is 0 Å². The Labute approximate surface area is 149 Å². The summed E-state index contributed by atoms with van der Waals surface area (Å²) >= 11 is 0. The molecule has 1 aliphatic heterocycles. The van der Waals surface area contributed by atoms with E-state index in [0.717, 1.165) is 6.42 Å². The van der Waals surface area contributed by atoms with Crippen LogP contribution in [0.2, 0.25) is 0 Å². The Hall–Kier alpha value is -2.36. The number of carbonyl (C=O) groups excluding carboxylic acids is 1. The van der Waals surface area contributed by atoms with E-state index < -0.39 is 0 Å². The topological polar surface area (TPSA) is 50.7 Å². The maximum Gasteiger partial charge on any atom is 0.217 e. The molecule has 0 aliphatic carbocycles. The van der Waals surface area contributed by atoms with Gasteiger partial charge in [-0.15, -0.1) is 0 Å². The van der Waals surface area contributed by atoms with Crippen molar-refractivity contribution >= 4 is 22.6 Å². The highest BCUT2D eigenvalue weighted by atomic mass is 16.5. The largest absolute Gasteiger partial charge is 0.477 e. The summed E-state index contributed by atoms with van der Waals surface area (Å²) in [5, 5.41) is 5.47. The van der Waals surface area contributed by atoms with Crippen LogP contribution >= 0.6 is 0 Å². The third-order valence-corrected chi connectivity index (χ3v) is 4.48. The SMILES string of the molecule is CC(=O)N[C@H](C1=N[C@@H](Cc2ccc3ccccc3c2)CO1)C(C)(C)C. The van der Waals surface area contributed by atoms with Crippen LogP contribution in [0.1, 0.15) is 33.3 Å². The third kappa shape index (κ3) is 4.19. The lowest BCUT2D eigenvalue weighted by Gasteiger charge is -2.30. The molecule has 0 aromatic heterocycles. The average molecular weight is 338 g/mol. The lowest BCUT2D eigenvalue weighted by atomic mass is 9.86. The van der Waals surface area contributed by atoms with Gasteiger partial charge in [-0.3, -0.25) is 4.79 Å². The molecule has 0 fully saturated rings. The van der Waals surface area contributed by atoms with Crippen LogP contribution in [0.25, 0.3) is 10.8 Å². The first-order chi connectivity index (χ1) is 11.8. The van der Waals surface area contributed by atoms with E-state index in [-0.39, 0.29) is 23.4 Å². The number of aliphatic imine (C=N–C) groups is 1. The number of ether oxygens (including phenoxy) is 1. The van der Waals surface area contributed by atoms with Crippen molar-refractivity contribution in [3.63, 3.8) is 0 Å². The maximum absolute atomic E-state index is 11.5. The maximum atomic E-state index is 11.5. The number of carbonyl (C=O) groups is 1. The van der Waals surface area contributed by atoms with Gasteiger partial charge in [-0.05, 0) is 28.2 Å². The van der Waals surface area contributed by atoms with Crippen molar-refractivity contribution in [2.45, 2.75) is 46.2 Å². The second-order valence-electron chi connectivity index (χ2n) is 7.82. The summed E-state index contributed by atoms with van der Waals surface area (Å²) in [6.45, 7) is 8.33. The minimum Gasteiger partial charge on any atom is -0.477 e. The molecule has 2 aromatic rings. The predicted octanol–water partition coefficient (Wildman–Crippen LogP) is 3.73. The molecule has 4 nitrogen and oxygen atoms in total. The summed E-state index contributed by atoms with van der Waals surface area (Å²) in [5.41, 5.74) is 1.10. The fraction of sp³-hybridized carbons (Fsp3) is 0.429. The zero-order valence-corrected chi connectivity index (χ0v) is 15.4. The number of fused-ring (bicyclic) bond motifs is 1. The molecule has 1 heterocycles. The van der Waals surface area contributed by atoms with Crippen LogP contribution in [-0.4, -0.2) is 30.5 Å². The zero-order chi connectivity index (χ0) is 18.0. The van der Waals surface area contributed by atoms with Gasteiger partial charge in [0.1, 0.15) is 12.6 Å². The van der Waals surface area contributed by atoms with Gasteiger partial charge in [0.05, 0.1) is 6.04 Å². The van der Waals surface area contributed by atoms with Crippen molar-refractivity contribution in [2.75, 3.05) is 6.61 Å². The molecule has 1 aliphatic rings. The predicted molar refractivity (Wildman–Crippen MR) is 102 cm³/mol. The average Bonchev–Trinajstić information content (AvgIpc) is 2.99. The molecular formula is C21H26N2O2. The van der Waals surface area contributed by atoms with Gasteiger partial charge in [-0.1, -0.05) is 63.2 Å². The lowest BCUT2D eigenvalue weighted by Crippen LogP contribution is -2.48. The number of hydrogen-bond donors (Lipinski definition) is 1. The van der Waals surface area contributed by atoms with Gasteiger partial charge in [-0.25, -0.2) is 4.99 Å². The van der Waals surface area contributed by atoms with Crippen LogP contribution in [0, 0.1) is 5.41 Å². The summed E-state index contributed by atoms with van der Waals surface area (Å²) in [6.07, 6.45) is 0.839. The Balaban J connectivity index is 1.76. The molecule has 1 N–H and O–H groups in total. The minimum absolute atomic E-state index is 0.0656. The van der Waals surface area contributed by atoms with Crippen molar-refractivity contribution in [3.8, 4) is 0 Å². The van der Waals surface area contributed by atoms with E-state index in [2.05, 4.69) is 68.6 Å². The smallest absolute Gasteiger partial charge is 0.217 e. The van der Waals surface area contributed by atoms with Gasteiger partial charge in [-0.2, -0.15) is 0 Å². The molecule has 0 saturated carbocycles. The van der Waals surface area contributed by atoms with Crippen molar-refractivity contribution in [1.82, 2.24) is 5.32 Å². The van der Waals surface area contributed by atoms with Gasteiger partial charge in [0, 0.05) is 6.92 Å². The Morgan fingerprint density at radius 1 is 1.24 bits per heavy atom. The Bertz CT molecular complexity index is 805. The van der Waals surface area contributed by atoms with E-state index >= 15 is 0 Å². The molecule has 4 heteroatoms. The molecule has 2 aromatic carbocycles. The number of benzene rings is 2. The van der Waals surface area contributed by atoms with E-state index in [0.29, 0.717) is 12.5 Å². The summed E-state index contributed by atoms with van der Waals surface area (Å²) < 4.78 is 5.85. The van der Waals surface area contributed by atoms with Gasteiger partial charge in [0.15, 0.2) is 0 Å². The molecule has 2 atom stereocenters. The number of rotatable bonds is 4. The van der Waals surface area contributed by atoms with E-state index in [4.69, 9.17) is 9.73 Å². The normalized spacial score (nSPS) is 18.6.